The number of hydrogen-bond donors (Lipinski definition) is 2. The van der Waals surface area contributed by atoms with Gasteiger partial charge >= 0.3 is 5.97 Å². The second-order valence-electron chi connectivity index (χ2n) is 6.12. The van der Waals surface area contributed by atoms with E-state index < -0.39 is 16.0 Å². The van der Waals surface area contributed by atoms with Gasteiger partial charge in [0.2, 0.25) is 10.0 Å². The van der Waals surface area contributed by atoms with Crippen LogP contribution in [-0.2, 0) is 10.0 Å². The number of carboxylic acid groups (broad SMARTS) is 1. The third kappa shape index (κ3) is 2.96. The Morgan fingerprint density at radius 1 is 1.29 bits per heavy atom. The maximum Gasteiger partial charge on any atom is 0.335 e. The average Bonchev–Trinajstić information content (AvgIpc) is 3.08. The fourth-order valence-electron chi connectivity index (χ4n) is 3.72. The van der Waals surface area contributed by atoms with Crippen molar-refractivity contribution < 1.29 is 18.3 Å². The molecule has 0 aliphatic heterocycles. The van der Waals surface area contributed by atoms with Crippen LogP contribution < -0.4 is 4.72 Å². The molecule has 0 radical (unpaired) electrons. The summed E-state index contributed by atoms with van der Waals surface area (Å²) in [6.45, 7) is 0.459. The Morgan fingerprint density at radius 2 is 2.10 bits per heavy atom. The molecule has 3 unspecified atom stereocenters. The van der Waals surface area contributed by atoms with Gasteiger partial charge in [-0.2, -0.15) is 0 Å². The minimum Gasteiger partial charge on any atom is -0.478 e. The van der Waals surface area contributed by atoms with Gasteiger partial charge in [0.05, 0.1) is 10.5 Å². The molecule has 2 aliphatic rings. The largest absolute Gasteiger partial charge is 0.478 e. The predicted molar refractivity (Wildman–Crippen MR) is 77.5 cm³/mol. The van der Waals surface area contributed by atoms with Crippen molar-refractivity contribution in [1.29, 1.82) is 0 Å². The zero-order chi connectivity index (χ0) is 15.0. The minimum atomic E-state index is -3.63. The highest BCUT2D eigenvalue weighted by molar-refractivity contribution is 7.89. The van der Waals surface area contributed by atoms with Gasteiger partial charge in [0.15, 0.2) is 0 Å². The molecule has 1 aromatic rings. The van der Waals surface area contributed by atoms with E-state index in [-0.39, 0.29) is 10.5 Å². The van der Waals surface area contributed by atoms with E-state index in [1.165, 1.54) is 43.5 Å². The van der Waals surface area contributed by atoms with Crippen LogP contribution in [0.4, 0.5) is 0 Å². The Kier molecular flexibility index (Phi) is 3.75. The molecule has 0 amide bonds. The Labute approximate surface area is 124 Å². The van der Waals surface area contributed by atoms with Gasteiger partial charge in [-0.15, -0.1) is 0 Å². The highest BCUT2D eigenvalue weighted by atomic mass is 32.2. The van der Waals surface area contributed by atoms with Crippen LogP contribution in [-0.4, -0.2) is 26.0 Å². The van der Waals surface area contributed by atoms with Gasteiger partial charge < -0.3 is 5.11 Å². The number of rotatable bonds is 5. The third-order valence-corrected chi connectivity index (χ3v) is 6.23. The second-order valence-corrected chi connectivity index (χ2v) is 7.89. The van der Waals surface area contributed by atoms with Crippen LogP contribution in [0, 0.1) is 17.8 Å². The number of sulfonamides is 1. The molecule has 21 heavy (non-hydrogen) atoms. The quantitative estimate of drug-likeness (QED) is 0.872. The van der Waals surface area contributed by atoms with Crippen molar-refractivity contribution in [2.75, 3.05) is 6.54 Å². The van der Waals surface area contributed by atoms with Crippen LogP contribution in [0.1, 0.15) is 36.0 Å². The Bertz CT molecular complexity index is 655. The molecule has 5 nitrogen and oxygen atoms in total. The van der Waals surface area contributed by atoms with Crippen LogP contribution in [0.25, 0.3) is 0 Å². The molecule has 1 aromatic carbocycles. The van der Waals surface area contributed by atoms with Gasteiger partial charge in [0.1, 0.15) is 0 Å². The summed E-state index contributed by atoms with van der Waals surface area (Å²) in [6.07, 6.45) is 4.85. The van der Waals surface area contributed by atoms with Crippen LogP contribution in [0.3, 0.4) is 0 Å². The summed E-state index contributed by atoms with van der Waals surface area (Å²) in [5, 5.41) is 8.93. The van der Waals surface area contributed by atoms with Gasteiger partial charge in [-0.3, -0.25) is 0 Å². The topological polar surface area (TPSA) is 83.5 Å². The summed E-state index contributed by atoms with van der Waals surface area (Å²) in [6, 6.07) is 5.47. The lowest BCUT2D eigenvalue weighted by molar-refractivity contribution is 0.0696. The van der Waals surface area contributed by atoms with Crippen molar-refractivity contribution in [1.82, 2.24) is 4.72 Å². The van der Waals surface area contributed by atoms with Gasteiger partial charge in [-0.1, -0.05) is 12.5 Å². The monoisotopic (exact) mass is 309 g/mol. The van der Waals surface area contributed by atoms with E-state index in [0.29, 0.717) is 18.4 Å². The lowest BCUT2D eigenvalue weighted by Crippen LogP contribution is -2.31. The first-order valence-electron chi connectivity index (χ1n) is 7.29. The van der Waals surface area contributed by atoms with Crippen LogP contribution in [0.15, 0.2) is 29.2 Å². The first-order valence-corrected chi connectivity index (χ1v) is 8.77. The molecule has 0 aromatic heterocycles. The molecular formula is C15H19NO4S. The number of carbonyl (C=O) groups is 1. The number of carboxylic acids is 1. The summed E-state index contributed by atoms with van der Waals surface area (Å²) in [5.41, 5.74) is -0.0159. The molecule has 2 fully saturated rings. The molecule has 2 N–H and O–H groups in total. The van der Waals surface area contributed by atoms with Crippen LogP contribution in [0.5, 0.6) is 0 Å². The fourth-order valence-corrected chi connectivity index (χ4v) is 4.86. The van der Waals surface area contributed by atoms with Crippen LogP contribution >= 0.6 is 0 Å². The van der Waals surface area contributed by atoms with E-state index in [0.717, 1.165) is 12.3 Å². The molecule has 0 spiro atoms. The van der Waals surface area contributed by atoms with Crippen LogP contribution in [0.2, 0.25) is 0 Å². The molecule has 2 bridgehead atoms. The van der Waals surface area contributed by atoms with E-state index in [2.05, 4.69) is 4.72 Å². The zero-order valence-electron chi connectivity index (χ0n) is 11.7. The molecule has 0 heterocycles. The standard InChI is InChI=1S/C15H19NO4S/c17-15(18)12-2-1-3-14(8-12)21(19,20)16-9-13-7-10-4-5-11(13)6-10/h1-3,8,10-11,13,16H,4-7,9H2,(H,17,18). The first kappa shape index (κ1) is 14.5. The number of fused-ring (bicyclic) bond motifs is 2. The van der Waals surface area contributed by atoms with E-state index in [1.807, 2.05) is 0 Å². The van der Waals surface area contributed by atoms with E-state index in [4.69, 9.17) is 5.11 Å². The van der Waals surface area contributed by atoms with E-state index in [9.17, 15) is 13.2 Å². The number of benzene rings is 1. The normalized spacial score (nSPS) is 27.9. The zero-order valence-corrected chi connectivity index (χ0v) is 12.5. The molecule has 114 valence electrons. The molecule has 3 atom stereocenters. The third-order valence-electron chi connectivity index (χ3n) is 4.81. The SMILES string of the molecule is O=C(O)c1cccc(S(=O)(=O)NCC2CC3CCC2C3)c1. The predicted octanol–water partition coefficient (Wildman–Crippen LogP) is 2.10. The number of nitrogens with one attached hydrogen (secondary N) is 1. The maximum atomic E-state index is 12.3. The second kappa shape index (κ2) is 5.42. The molecule has 3 rings (SSSR count). The lowest BCUT2D eigenvalue weighted by Gasteiger charge is -2.21. The van der Waals surface area contributed by atoms with Crippen molar-refractivity contribution >= 4 is 16.0 Å². The summed E-state index contributed by atoms with van der Waals surface area (Å²) in [4.78, 5) is 10.9. The Morgan fingerprint density at radius 3 is 2.71 bits per heavy atom. The molecule has 2 saturated carbocycles. The molecular weight excluding hydrogens is 290 g/mol. The van der Waals surface area contributed by atoms with Gasteiger partial charge in [0.25, 0.3) is 0 Å². The smallest absolute Gasteiger partial charge is 0.335 e. The molecule has 6 heteroatoms. The number of aromatic carboxylic acids is 1. The summed E-state index contributed by atoms with van der Waals surface area (Å²) in [5.74, 6) is 0.740. The van der Waals surface area contributed by atoms with Crippen molar-refractivity contribution in [3.05, 3.63) is 29.8 Å². The van der Waals surface area contributed by atoms with Gasteiger partial charge in [-0.25, -0.2) is 17.9 Å². The Hall–Kier alpha value is -1.40. The van der Waals surface area contributed by atoms with Gasteiger partial charge in [-0.05, 0) is 55.2 Å². The average molecular weight is 309 g/mol. The summed E-state index contributed by atoms with van der Waals surface area (Å²) < 4.78 is 27.2. The lowest BCUT2D eigenvalue weighted by atomic mass is 9.89. The van der Waals surface area contributed by atoms with Crippen molar-refractivity contribution in [2.24, 2.45) is 17.8 Å². The van der Waals surface area contributed by atoms with Gasteiger partial charge in [0, 0.05) is 6.54 Å². The van der Waals surface area contributed by atoms with Crippen molar-refractivity contribution in [2.45, 2.75) is 30.6 Å². The molecule has 0 saturated heterocycles. The summed E-state index contributed by atoms with van der Waals surface area (Å²) in [7, 11) is -3.63. The highest BCUT2D eigenvalue weighted by Gasteiger charge is 2.39. The van der Waals surface area contributed by atoms with E-state index in [1.54, 1.807) is 0 Å². The Balaban J connectivity index is 1.69. The van der Waals surface area contributed by atoms with E-state index >= 15 is 0 Å². The minimum absolute atomic E-state index is 0.0159. The summed E-state index contributed by atoms with van der Waals surface area (Å²) >= 11 is 0. The maximum absolute atomic E-state index is 12.3. The number of hydrogen-bond acceptors (Lipinski definition) is 3. The molecule has 2 aliphatic carbocycles. The first-order chi connectivity index (χ1) is 9.95. The highest BCUT2D eigenvalue weighted by Crippen LogP contribution is 2.48. The fraction of sp³-hybridized carbons (Fsp3) is 0.533. The van der Waals surface area contributed by atoms with Crippen molar-refractivity contribution in [3.8, 4) is 0 Å². The van der Waals surface area contributed by atoms with Crippen molar-refractivity contribution in [3.63, 3.8) is 0 Å².